The summed E-state index contributed by atoms with van der Waals surface area (Å²) in [7, 11) is 0. The molecular formula is C26H24N2O5. The van der Waals surface area contributed by atoms with Crippen molar-refractivity contribution in [1.29, 1.82) is 0 Å². The second-order valence-corrected chi connectivity index (χ2v) is 9.06. The van der Waals surface area contributed by atoms with E-state index in [1.165, 1.54) is 17.0 Å². The van der Waals surface area contributed by atoms with E-state index in [0.717, 1.165) is 17.5 Å². The van der Waals surface area contributed by atoms with Crippen LogP contribution in [0.25, 0.3) is 0 Å². The SMILES string of the molecule is Cc1cc(C)cc(NC(=O)COC(=O)c2ccc(N3C(=O)[C@H]4[C@H](C3=O)[C@H]3C=C[C@H]4C3)cc2)c1. The molecule has 1 aliphatic heterocycles. The molecule has 3 aliphatic rings. The summed E-state index contributed by atoms with van der Waals surface area (Å²) in [5, 5.41) is 2.71. The fraction of sp³-hybridized carbons (Fsp3) is 0.308. The summed E-state index contributed by atoms with van der Waals surface area (Å²) in [6, 6.07) is 11.8. The van der Waals surface area contributed by atoms with Gasteiger partial charge in [0.1, 0.15) is 0 Å². The summed E-state index contributed by atoms with van der Waals surface area (Å²) >= 11 is 0. The summed E-state index contributed by atoms with van der Waals surface area (Å²) < 4.78 is 5.12. The van der Waals surface area contributed by atoms with E-state index in [2.05, 4.69) is 17.5 Å². The Hall–Kier alpha value is -3.74. The average molecular weight is 444 g/mol. The normalized spacial score (nSPS) is 24.8. The Morgan fingerprint density at radius 1 is 0.939 bits per heavy atom. The highest BCUT2D eigenvalue weighted by atomic mass is 16.5. The minimum atomic E-state index is -0.657. The average Bonchev–Trinajstić information content (AvgIpc) is 3.45. The molecule has 1 saturated heterocycles. The van der Waals surface area contributed by atoms with Gasteiger partial charge in [-0.15, -0.1) is 0 Å². The molecule has 0 radical (unpaired) electrons. The topological polar surface area (TPSA) is 92.8 Å². The molecular weight excluding hydrogens is 420 g/mol. The number of hydrogen-bond acceptors (Lipinski definition) is 5. The number of hydrogen-bond donors (Lipinski definition) is 1. The molecule has 2 aliphatic carbocycles. The molecule has 2 aromatic carbocycles. The fourth-order valence-electron chi connectivity index (χ4n) is 5.36. The highest BCUT2D eigenvalue weighted by Gasteiger charge is 2.59. The molecule has 4 atom stereocenters. The van der Waals surface area contributed by atoms with Gasteiger partial charge in [-0.05, 0) is 79.6 Å². The van der Waals surface area contributed by atoms with Crippen LogP contribution in [0.3, 0.4) is 0 Å². The molecule has 1 N–H and O–H groups in total. The number of ether oxygens (including phenoxy) is 1. The quantitative estimate of drug-likeness (QED) is 0.433. The molecule has 0 aromatic heterocycles. The van der Waals surface area contributed by atoms with E-state index in [0.29, 0.717) is 11.4 Å². The molecule has 5 rings (SSSR count). The van der Waals surface area contributed by atoms with Gasteiger partial charge in [0.15, 0.2) is 6.61 Å². The molecule has 1 saturated carbocycles. The third-order valence-corrected chi connectivity index (χ3v) is 6.67. The molecule has 0 spiro atoms. The Bertz CT molecular complexity index is 1150. The number of benzene rings is 2. The van der Waals surface area contributed by atoms with Crippen LogP contribution in [-0.4, -0.2) is 30.3 Å². The molecule has 3 amide bonds. The smallest absolute Gasteiger partial charge is 0.338 e. The number of esters is 1. The summed E-state index contributed by atoms with van der Waals surface area (Å²) in [5.41, 5.74) is 3.36. The summed E-state index contributed by atoms with van der Waals surface area (Å²) in [4.78, 5) is 51.6. The number of nitrogens with zero attached hydrogens (tertiary/aromatic N) is 1. The van der Waals surface area contributed by atoms with Crippen molar-refractivity contribution < 1.29 is 23.9 Å². The Morgan fingerprint density at radius 3 is 2.09 bits per heavy atom. The first-order valence-electron chi connectivity index (χ1n) is 11.0. The number of imide groups is 1. The molecule has 7 nitrogen and oxygen atoms in total. The Balaban J connectivity index is 1.20. The van der Waals surface area contributed by atoms with Gasteiger partial charge < -0.3 is 10.1 Å². The minimum absolute atomic E-state index is 0.144. The van der Waals surface area contributed by atoms with Crippen molar-refractivity contribution in [3.8, 4) is 0 Å². The van der Waals surface area contributed by atoms with Crippen LogP contribution < -0.4 is 10.2 Å². The van der Waals surface area contributed by atoms with Gasteiger partial charge in [-0.25, -0.2) is 4.79 Å². The maximum Gasteiger partial charge on any atom is 0.338 e. The van der Waals surface area contributed by atoms with Crippen molar-refractivity contribution in [3.63, 3.8) is 0 Å². The van der Waals surface area contributed by atoms with Crippen molar-refractivity contribution >= 4 is 35.1 Å². The molecule has 0 unspecified atom stereocenters. The van der Waals surface area contributed by atoms with Crippen LogP contribution >= 0.6 is 0 Å². The number of nitrogens with one attached hydrogen (secondary N) is 1. The Kier molecular flexibility index (Phi) is 5.12. The zero-order chi connectivity index (χ0) is 23.3. The standard InChI is InChI=1S/C26H24N2O5/c1-14-9-15(2)11-19(10-14)27-21(29)13-33-26(32)16-5-7-20(8-6-16)28-24(30)22-17-3-4-18(12-17)23(22)25(28)31/h3-11,17-18,22-23H,12-13H2,1-2H3,(H,27,29)/t17-,18-,22+,23+/m0/s1. The first kappa shape index (κ1) is 21.1. The van der Waals surface area contributed by atoms with E-state index in [4.69, 9.17) is 4.74 Å². The lowest BCUT2D eigenvalue weighted by atomic mass is 9.85. The second-order valence-electron chi connectivity index (χ2n) is 9.06. The number of carbonyl (C=O) groups excluding carboxylic acids is 4. The number of carbonyl (C=O) groups is 4. The molecule has 2 bridgehead atoms. The number of anilines is 2. The van der Waals surface area contributed by atoms with E-state index >= 15 is 0 Å². The first-order valence-corrected chi connectivity index (χ1v) is 11.0. The molecule has 33 heavy (non-hydrogen) atoms. The van der Waals surface area contributed by atoms with Crippen molar-refractivity contribution in [2.45, 2.75) is 20.3 Å². The lowest BCUT2D eigenvalue weighted by Crippen LogP contribution is -2.32. The van der Waals surface area contributed by atoms with E-state index in [1.807, 2.05) is 32.0 Å². The number of fused-ring (bicyclic) bond motifs is 5. The largest absolute Gasteiger partial charge is 0.452 e. The van der Waals surface area contributed by atoms with Gasteiger partial charge in [0.2, 0.25) is 11.8 Å². The number of allylic oxidation sites excluding steroid dienone is 2. The summed E-state index contributed by atoms with van der Waals surface area (Å²) in [6.45, 7) is 3.45. The van der Waals surface area contributed by atoms with Gasteiger partial charge in [0.25, 0.3) is 5.91 Å². The van der Waals surface area contributed by atoms with Crippen molar-refractivity contribution in [2.24, 2.45) is 23.7 Å². The molecule has 7 heteroatoms. The monoisotopic (exact) mass is 444 g/mol. The summed E-state index contributed by atoms with van der Waals surface area (Å²) in [5.74, 6) is -1.68. The third kappa shape index (κ3) is 3.73. The van der Waals surface area contributed by atoms with Crippen molar-refractivity contribution in [1.82, 2.24) is 0 Å². The van der Waals surface area contributed by atoms with Gasteiger partial charge >= 0.3 is 5.97 Å². The van der Waals surface area contributed by atoms with Gasteiger partial charge in [0, 0.05) is 5.69 Å². The molecule has 1 heterocycles. The lowest BCUT2D eigenvalue weighted by Gasteiger charge is -2.17. The van der Waals surface area contributed by atoms with E-state index in [9.17, 15) is 19.2 Å². The van der Waals surface area contributed by atoms with Crippen molar-refractivity contribution in [2.75, 3.05) is 16.8 Å². The Morgan fingerprint density at radius 2 is 1.52 bits per heavy atom. The Labute approximate surface area is 191 Å². The number of aryl methyl sites for hydroxylation is 2. The zero-order valence-corrected chi connectivity index (χ0v) is 18.4. The van der Waals surface area contributed by atoms with Crippen LogP contribution in [-0.2, 0) is 19.1 Å². The van der Waals surface area contributed by atoms with Crippen LogP contribution in [0.4, 0.5) is 11.4 Å². The summed E-state index contributed by atoms with van der Waals surface area (Å²) in [6.07, 6.45) is 4.98. The molecule has 168 valence electrons. The van der Waals surface area contributed by atoms with Crippen molar-refractivity contribution in [3.05, 3.63) is 71.3 Å². The zero-order valence-electron chi connectivity index (χ0n) is 18.4. The van der Waals surface area contributed by atoms with Crippen LogP contribution in [0.5, 0.6) is 0 Å². The third-order valence-electron chi connectivity index (χ3n) is 6.67. The highest BCUT2D eigenvalue weighted by molar-refractivity contribution is 6.22. The maximum atomic E-state index is 12.9. The highest BCUT2D eigenvalue weighted by Crippen LogP contribution is 2.53. The van der Waals surface area contributed by atoms with Gasteiger partial charge in [0.05, 0.1) is 23.1 Å². The van der Waals surface area contributed by atoms with Crippen LogP contribution in [0.2, 0.25) is 0 Å². The van der Waals surface area contributed by atoms with E-state index in [-0.39, 0.29) is 41.0 Å². The van der Waals surface area contributed by atoms with E-state index in [1.54, 1.807) is 12.1 Å². The van der Waals surface area contributed by atoms with E-state index < -0.39 is 18.5 Å². The van der Waals surface area contributed by atoms with Crippen LogP contribution in [0, 0.1) is 37.5 Å². The second kappa shape index (κ2) is 7.99. The molecule has 2 fully saturated rings. The van der Waals surface area contributed by atoms with Gasteiger partial charge in [-0.2, -0.15) is 0 Å². The van der Waals surface area contributed by atoms with Gasteiger partial charge in [-0.1, -0.05) is 18.2 Å². The lowest BCUT2D eigenvalue weighted by molar-refractivity contribution is -0.123. The number of rotatable bonds is 5. The predicted octanol–water partition coefficient (Wildman–Crippen LogP) is 3.41. The molecule has 2 aromatic rings. The van der Waals surface area contributed by atoms with Gasteiger partial charge in [-0.3, -0.25) is 19.3 Å². The maximum absolute atomic E-state index is 12.9. The minimum Gasteiger partial charge on any atom is -0.452 e. The fourth-order valence-corrected chi connectivity index (χ4v) is 5.36. The predicted molar refractivity (Wildman–Crippen MR) is 121 cm³/mol. The van der Waals surface area contributed by atoms with Crippen LogP contribution in [0.1, 0.15) is 27.9 Å². The first-order chi connectivity index (χ1) is 15.8. The number of amides is 3. The van der Waals surface area contributed by atoms with Crippen LogP contribution in [0.15, 0.2) is 54.6 Å².